The number of aromatic nitrogens is 2. The molecule has 0 spiro atoms. The summed E-state index contributed by atoms with van der Waals surface area (Å²) in [5.41, 5.74) is 2.31. The van der Waals surface area contributed by atoms with Gasteiger partial charge < -0.3 is 4.57 Å². The normalized spacial score (nSPS) is 16.1. The lowest BCUT2D eigenvalue weighted by molar-refractivity contribution is 0.00813. The fraction of sp³-hybridized carbons (Fsp3) is 0.267. The largest absolute Gasteiger partial charge is 0.306 e. The van der Waals surface area contributed by atoms with E-state index in [0.717, 1.165) is 11.1 Å². The van der Waals surface area contributed by atoms with Crippen molar-refractivity contribution in [1.82, 2.24) is 14.5 Å². The van der Waals surface area contributed by atoms with Crippen LogP contribution in [0.15, 0.2) is 85.5 Å². The molecule has 1 saturated heterocycles. The Morgan fingerprint density at radius 1 is 1.03 bits per heavy atom. The first kappa shape index (κ1) is 25.1. The van der Waals surface area contributed by atoms with Crippen molar-refractivity contribution >= 4 is 11.6 Å². The monoisotopic (exact) mass is 516 g/mol. The molecule has 2 atom stereocenters. The van der Waals surface area contributed by atoms with Crippen molar-refractivity contribution in [2.75, 3.05) is 13.1 Å². The van der Waals surface area contributed by atoms with Crippen LogP contribution >= 0.6 is 11.6 Å². The van der Waals surface area contributed by atoms with Gasteiger partial charge in [0.15, 0.2) is 0 Å². The Morgan fingerprint density at radius 2 is 1.78 bits per heavy atom. The maximum absolute atomic E-state index is 15.7. The number of nitriles is 1. The number of hydrogen-bond donors (Lipinski definition) is 0. The van der Waals surface area contributed by atoms with Crippen LogP contribution in [0.1, 0.15) is 48.1 Å². The van der Waals surface area contributed by atoms with Gasteiger partial charge in [-0.1, -0.05) is 35.9 Å². The number of benzene rings is 3. The van der Waals surface area contributed by atoms with Gasteiger partial charge in [-0.3, -0.25) is 4.90 Å². The molecular formula is C30H27ClF2N4. The topological polar surface area (TPSA) is 44.9 Å². The molecule has 1 fully saturated rings. The summed E-state index contributed by atoms with van der Waals surface area (Å²) in [4.78, 5) is 6.33. The van der Waals surface area contributed by atoms with E-state index in [1.807, 2.05) is 48.5 Å². The predicted molar refractivity (Wildman–Crippen MR) is 141 cm³/mol. The van der Waals surface area contributed by atoms with E-state index < -0.39 is 17.4 Å². The minimum Gasteiger partial charge on any atom is -0.306 e. The second-order valence-corrected chi connectivity index (χ2v) is 10.6. The molecule has 0 radical (unpaired) electrons. The fourth-order valence-electron chi connectivity index (χ4n) is 5.57. The van der Waals surface area contributed by atoms with Gasteiger partial charge in [-0.05, 0) is 78.9 Å². The molecule has 3 aromatic carbocycles. The minimum atomic E-state index is -1.56. The highest BCUT2D eigenvalue weighted by molar-refractivity contribution is 6.30. The fourth-order valence-corrected chi connectivity index (χ4v) is 5.70. The molecule has 4 aromatic rings. The van der Waals surface area contributed by atoms with Crippen molar-refractivity contribution in [2.45, 2.75) is 31.5 Å². The number of hydrogen-bond acceptors (Lipinski definition) is 3. The maximum Gasteiger partial charge on any atom is 0.125 e. The number of alkyl halides is 1. The second-order valence-electron chi connectivity index (χ2n) is 10.2. The van der Waals surface area contributed by atoms with Crippen molar-refractivity contribution in [1.29, 1.82) is 5.26 Å². The number of nitrogens with zero attached hydrogens (tertiary/aromatic N) is 4. The van der Waals surface area contributed by atoms with E-state index >= 15 is 4.39 Å². The number of likely N-dealkylation sites (tertiary alicyclic amines) is 1. The summed E-state index contributed by atoms with van der Waals surface area (Å²) in [6, 6.07) is 22.1. The molecule has 7 heteroatoms. The predicted octanol–water partition coefficient (Wildman–Crippen LogP) is 7.09. The molecule has 0 saturated carbocycles. The molecule has 0 amide bonds. The molecule has 2 heterocycles. The summed E-state index contributed by atoms with van der Waals surface area (Å²) in [5, 5.41) is 10.1. The standard InChI is InChI=1S/C30H27ClF2N4/c1-30(2,33)28(23-13-26(32)15-27(14-23)36-11-10-35-19-36)24-17-37(18-24)29(21-6-8-25(31)9-7-21)22-5-3-4-20(12-22)16-34/h3-15,19,24,28-29H,17-18H2,1-2H3/t28-,29+/m0/s1. The summed E-state index contributed by atoms with van der Waals surface area (Å²) in [7, 11) is 0. The Labute approximate surface area is 220 Å². The van der Waals surface area contributed by atoms with Crippen molar-refractivity contribution in [3.05, 3.63) is 119 Å². The quantitative estimate of drug-likeness (QED) is 0.263. The lowest BCUT2D eigenvalue weighted by Gasteiger charge is -2.50. The second kappa shape index (κ2) is 10.1. The van der Waals surface area contributed by atoms with Crippen molar-refractivity contribution in [3.63, 3.8) is 0 Å². The van der Waals surface area contributed by atoms with E-state index in [1.54, 1.807) is 43.2 Å². The molecule has 1 aliphatic heterocycles. The summed E-state index contributed by atoms with van der Waals surface area (Å²) >= 11 is 6.15. The van der Waals surface area contributed by atoms with Crippen LogP contribution < -0.4 is 0 Å². The third-order valence-corrected chi connectivity index (χ3v) is 7.35. The molecule has 1 aliphatic rings. The molecule has 0 N–H and O–H groups in total. The van der Waals surface area contributed by atoms with Crippen LogP contribution in [0.3, 0.4) is 0 Å². The Bertz CT molecular complexity index is 1420. The lowest BCUT2D eigenvalue weighted by atomic mass is 9.72. The van der Waals surface area contributed by atoms with Gasteiger partial charge >= 0.3 is 0 Å². The first-order chi connectivity index (χ1) is 17.7. The zero-order valence-electron chi connectivity index (χ0n) is 20.7. The van der Waals surface area contributed by atoms with Crippen LogP contribution in [0, 0.1) is 23.1 Å². The minimum absolute atomic E-state index is 0.0219. The van der Waals surface area contributed by atoms with E-state index in [-0.39, 0.29) is 12.0 Å². The molecule has 1 aromatic heterocycles. The van der Waals surface area contributed by atoms with Gasteiger partial charge in [0.1, 0.15) is 11.5 Å². The zero-order valence-corrected chi connectivity index (χ0v) is 21.4. The SMILES string of the molecule is CC(C)(F)[C@@H](c1cc(F)cc(-n2ccnc2)c1)C1CN([C@H](c2ccc(Cl)cc2)c2cccc(C#N)c2)C1. The summed E-state index contributed by atoms with van der Waals surface area (Å²) in [5.74, 6) is -0.927. The molecule has 0 unspecified atom stereocenters. The highest BCUT2D eigenvalue weighted by Gasteiger charge is 2.45. The lowest BCUT2D eigenvalue weighted by Crippen LogP contribution is -2.53. The first-order valence-electron chi connectivity index (χ1n) is 12.2. The molecule has 0 bridgehead atoms. The average molecular weight is 517 g/mol. The van der Waals surface area contributed by atoms with Crippen molar-refractivity contribution in [3.8, 4) is 11.8 Å². The smallest absolute Gasteiger partial charge is 0.125 e. The van der Waals surface area contributed by atoms with E-state index in [0.29, 0.717) is 34.9 Å². The van der Waals surface area contributed by atoms with Gasteiger partial charge in [0.25, 0.3) is 0 Å². The van der Waals surface area contributed by atoms with Crippen LogP contribution in [-0.2, 0) is 0 Å². The summed E-state index contributed by atoms with van der Waals surface area (Å²) in [6.07, 6.45) is 4.97. The Balaban J connectivity index is 1.47. The molecule has 5 rings (SSSR count). The third kappa shape index (κ3) is 5.29. The highest BCUT2D eigenvalue weighted by atomic mass is 35.5. The van der Waals surface area contributed by atoms with Gasteiger partial charge in [-0.2, -0.15) is 5.26 Å². The van der Waals surface area contributed by atoms with Crippen molar-refractivity contribution in [2.24, 2.45) is 5.92 Å². The number of halogens is 3. The molecule has 37 heavy (non-hydrogen) atoms. The molecule has 4 nitrogen and oxygen atoms in total. The van der Waals surface area contributed by atoms with E-state index in [9.17, 15) is 9.65 Å². The van der Waals surface area contributed by atoms with Crippen LogP contribution in [0.4, 0.5) is 8.78 Å². The van der Waals surface area contributed by atoms with Gasteiger partial charge in [0, 0.05) is 42.1 Å². The van der Waals surface area contributed by atoms with Crippen LogP contribution in [0.25, 0.3) is 5.69 Å². The summed E-state index contributed by atoms with van der Waals surface area (Å²) < 4.78 is 32.1. The number of rotatable bonds is 7. The van der Waals surface area contributed by atoms with E-state index in [1.165, 1.54) is 12.1 Å². The highest BCUT2D eigenvalue weighted by Crippen LogP contribution is 2.46. The Morgan fingerprint density at radius 3 is 2.43 bits per heavy atom. The Hall–Kier alpha value is -3.53. The first-order valence-corrected chi connectivity index (χ1v) is 12.6. The zero-order chi connectivity index (χ0) is 26.2. The molecule has 188 valence electrons. The van der Waals surface area contributed by atoms with Gasteiger partial charge in [-0.25, -0.2) is 13.8 Å². The third-order valence-electron chi connectivity index (χ3n) is 7.10. The summed E-state index contributed by atoms with van der Waals surface area (Å²) in [6.45, 7) is 4.38. The molecule has 0 aliphatic carbocycles. The van der Waals surface area contributed by atoms with E-state index in [2.05, 4.69) is 16.0 Å². The molecular weight excluding hydrogens is 490 g/mol. The van der Waals surface area contributed by atoms with Crippen LogP contribution in [-0.4, -0.2) is 33.2 Å². The van der Waals surface area contributed by atoms with Crippen LogP contribution in [0.5, 0.6) is 0 Å². The van der Waals surface area contributed by atoms with Gasteiger partial charge in [0.05, 0.1) is 24.0 Å². The maximum atomic E-state index is 15.7. The Kier molecular flexibility index (Phi) is 6.85. The number of imidazole rings is 1. The van der Waals surface area contributed by atoms with Gasteiger partial charge in [0.2, 0.25) is 0 Å². The van der Waals surface area contributed by atoms with E-state index in [4.69, 9.17) is 11.6 Å². The van der Waals surface area contributed by atoms with Gasteiger partial charge in [-0.15, -0.1) is 0 Å². The van der Waals surface area contributed by atoms with Crippen LogP contribution in [0.2, 0.25) is 5.02 Å². The average Bonchev–Trinajstić information content (AvgIpc) is 3.38. The van der Waals surface area contributed by atoms with Crippen molar-refractivity contribution < 1.29 is 8.78 Å².